The van der Waals surface area contributed by atoms with Gasteiger partial charge in [0.05, 0.1) is 0 Å². The second-order valence-electron chi connectivity index (χ2n) is 3.66. The lowest BCUT2D eigenvalue weighted by molar-refractivity contribution is -0.128. The lowest BCUT2D eigenvalue weighted by Gasteiger charge is -2.13. The van der Waals surface area contributed by atoms with E-state index in [0.29, 0.717) is 6.54 Å². The zero-order valence-corrected chi connectivity index (χ0v) is 8.33. The van der Waals surface area contributed by atoms with Crippen LogP contribution in [0.5, 0.6) is 0 Å². The minimum atomic E-state index is -0.320. The molecule has 1 N–H and O–H groups in total. The van der Waals surface area contributed by atoms with E-state index in [0.717, 1.165) is 6.42 Å². The number of imide groups is 1. The molecule has 1 heterocycles. The van der Waals surface area contributed by atoms with Crippen LogP contribution in [0.4, 0.5) is 4.79 Å². The molecule has 4 heteroatoms. The van der Waals surface area contributed by atoms with Gasteiger partial charge in [0.15, 0.2) is 0 Å². The predicted molar refractivity (Wildman–Crippen MR) is 49.2 cm³/mol. The van der Waals surface area contributed by atoms with E-state index < -0.39 is 0 Å². The van der Waals surface area contributed by atoms with Crippen molar-refractivity contribution in [1.82, 2.24) is 10.2 Å². The van der Waals surface area contributed by atoms with E-state index in [1.54, 1.807) is 0 Å². The minimum absolute atomic E-state index is 0.0816. The number of rotatable bonds is 3. The van der Waals surface area contributed by atoms with Gasteiger partial charge in [0.1, 0.15) is 6.04 Å². The molecule has 0 aromatic heterocycles. The van der Waals surface area contributed by atoms with E-state index in [2.05, 4.69) is 5.32 Å². The van der Waals surface area contributed by atoms with E-state index in [9.17, 15) is 9.59 Å². The van der Waals surface area contributed by atoms with E-state index in [1.165, 1.54) is 4.90 Å². The first-order valence-corrected chi connectivity index (χ1v) is 4.69. The van der Waals surface area contributed by atoms with Crippen molar-refractivity contribution in [3.63, 3.8) is 0 Å². The molecule has 74 valence electrons. The Hall–Kier alpha value is -1.06. The SMILES string of the molecule is CCCN1C(=O)N[C@@H](C(C)C)C1=O. The molecule has 0 bridgehead atoms. The minimum Gasteiger partial charge on any atom is -0.326 e. The van der Waals surface area contributed by atoms with Crippen LogP contribution in [0.25, 0.3) is 0 Å². The third-order valence-corrected chi connectivity index (χ3v) is 2.17. The van der Waals surface area contributed by atoms with Gasteiger partial charge in [-0.25, -0.2) is 4.79 Å². The largest absolute Gasteiger partial charge is 0.326 e. The fourth-order valence-corrected chi connectivity index (χ4v) is 1.43. The van der Waals surface area contributed by atoms with E-state index in [-0.39, 0.29) is 23.9 Å². The zero-order valence-electron chi connectivity index (χ0n) is 8.33. The number of nitrogens with zero attached hydrogens (tertiary/aromatic N) is 1. The fourth-order valence-electron chi connectivity index (χ4n) is 1.43. The van der Waals surface area contributed by atoms with Crippen molar-refractivity contribution in [3.8, 4) is 0 Å². The van der Waals surface area contributed by atoms with Gasteiger partial charge in [-0.2, -0.15) is 0 Å². The topological polar surface area (TPSA) is 49.4 Å². The molecule has 1 atom stereocenters. The highest BCUT2D eigenvalue weighted by Gasteiger charge is 2.38. The average Bonchev–Trinajstić information content (AvgIpc) is 2.32. The Balaban J connectivity index is 2.69. The maximum atomic E-state index is 11.6. The molecule has 4 nitrogen and oxygen atoms in total. The summed E-state index contributed by atoms with van der Waals surface area (Å²) in [5.41, 5.74) is 0. The Labute approximate surface area is 78.3 Å². The fraction of sp³-hybridized carbons (Fsp3) is 0.778. The number of hydrogen-bond donors (Lipinski definition) is 1. The molecule has 1 rings (SSSR count). The van der Waals surface area contributed by atoms with Gasteiger partial charge in [-0.15, -0.1) is 0 Å². The third-order valence-electron chi connectivity index (χ3n) is 2.17. The summed E-state index contributed by atoms with van der Waals surface area (Å²) in [6.07, 6.45) is 0.809. The van der Waals surface area contributed by atoms with Crippen molar-refractivity contribution in [2.75, 3.05) is 6.54 Å². The molecule has 0 saturated carbocycles. The molecule has 13 heavy (non-hydrogen) atoms. The summed E-state index contributed by atoms with van der Waals surface area (Å²) >= 11 is 0. The molecule has 3 amide bonds. The van der Waals surface area contributed by atoms with Gasteiger partial charge in [0.25, 0.3) is 5.91 Å². The number of carbonyl (C=O) groups is 2. The number of carbonyl (C=O) groups excluding carboxylic acids is 2. The highest BCUT2D eigenvalue weighted by atomic mass is 16.2. The lowest BCUT2D eigenvalue weighted by atomic mass is 10.1. The van der Waals surface area contributed by atoms with E-state index >= 15 is 0 Å². The first-order chi connectivity index (χ1) is 6.07. The molecular formula is C9H16N2O2. The van der Waals surface area contributed by atoms with Gasteiger partial charge >= 0.3 is 6.03 Å². The highest BCUT2D eigenvalue weighted by Crippen LogP contribution is 2.13. The summed E-state index contributed by atoms with van der Waals surface area (Å²) in [7, 11) is 0. The van der Waals surface area contributed by atoms with Crippen LogP contribution in [-0.2, 0) is 4.79 Å². The van der Waals surface area contributed by atoms with E-state index in [1.807, 2.05) is 20.8 Å². The van der Waals surface area contributed by atoms with Crippen molar-refractivity contribution in [1.29, 1.82) is 0 Å². The summed E-state index contributed by atoms with van der Waals surface area (Å²) in [6.45, 7) is 6.33. The van der Waals surface area contributed by atoms with Crippen molar-refractivity contribution in [3.05, 3.63) is 0 Å². The summed E-state index contributed by atoms with van der Waals surface area (Å²) in [5.74, 6) is 0.0835. The Morgan fingerprint density at radius 3 is 2.46 bits per heavy atom. The van der Waals surface area contributed by atoms with Crippen LogP contribution in [0.3, 0.4) is 0 Å². The van der Waals surface area contributed by atoms with Gasteiger partial charge in [0.2, 0.25) is 0 Å². The molecule has 1 aliphatic rings. The lowest BCUT2D eigenvalue weighted by Crippen LogP contribution is -2.34. The molecule has 1 saturated heterocycles. The number of urea groups is 1. The molecule has 1 fully saturated rings. The highest BCUT2D eigenvalue weighted by molar-refractivity contribution is 6.04. The maximum Gasteiger partial charge on any atom is 0.324 e. The van der Waals surface area contributed by atoms with Gasteiger partial charge in [-0.1, -0.05) is 20.8 Å². The Morgan fingerprint density at radius 1 is 1.46 bits per heavy atom. The summed E-state index contributed by atoms with van der Waals surface area (Å²) in [4.78, 5) is 24.2. The zero-order chi connectivity index (χ0) is 10.0. The summed E-state index contributed by atoms with van der Waals surface area (Å²) in [5, 5.41) is 2.68. The molecule has 0 unspecified atom stereocenters. The molecule has 0 aliphatic carbocycles. The van der Waals surface area contributed by atoms with Crippen LogP contribution >= 0.6 is 0 Å². The third kappa shape index (κ3) is 1.82. The predicted octanol–water partition coefficient (Wildman–Crippen LogP) is 0.973. The van der Waals surface area contributed by atoms with E-state index in [4.69, 9.17) is 0 Å². The van der Waals surface area contributed by atoms with Gasteiger partial charge in [0, 0.05) is 6.54 Å². The smallest absolute Gasteiger partial charge is 0.324 e. The van der Waals surface area contributed by atoms with Crippen molar-refractivity contribution in [2.45, 2.75) is 33.2 Å². The second-order valence-corrected chi connectivity index (χ2v) is 3.66. The van der Waals surface area contributed by atoms with Crippen LogP contribution in [0.1, 0.15) is 27.2 Å². The normalized spacial score (nSPS) is 22.8. The van der Waals surface area contributed by atoms with Crippen molar-refractivity contribution < 1.29 is 9.59 Å². The molecular weight excluding hydrogens is 168 g/mol. The van der Waals surface area contributed by atoms with Crippen LogP contribution in [0.15, 0.2) is 0 Å². The van der Waals surface area contributed by atoms with Gasteiger partial charge in [-0.3, -0.25) is 9.69 Å². The monoisotopic (exact) mass is 184 g/mol. The standard InChI is InChI=1S/C9H16N2O2/c1-4-5-11-8(12)7(6(2)3)10-9(11)13/h6-7H,4-5H2,1-3H3,(H,10,13)/t7-/m0/s1. The first kappa shape index (κ1) is 10.0. The number of amides is 3. The quantitative estimate of drug-likeness (QED) is 0.664. The van der Waals surface area contributed by atoms with Crippen molar-refractivity contribution >= 4 is 11.9 Å². The Kier molecular flexibility index (Phi) is 2.90. The molecule has 0 aromatic carbocycles. The molecule has 0 aromatic rings. The Bertz CT molecular complexity index is 226. The maximum absolute atomic E-state index is 11.6. The number of nitrogens with one attached hydrogen (secondary N) is 1. The molecule has 0 spiro atoms. The number of hydrogen-bond acceptors (Lipinski definition) is 2. The second kappa shape index (κ2) is 3.77. The summed E-state index contributed by atoms with van der Waals surface area (Å²) in [6, 6.07) is -0.565. The van der Waals surface area contributed by atoms with Crippen LogP contribution in [0.2, 0.25) is 0 Å². The van der Waals surface area contributed by atoms with Gasteiger partial charge in [-0.05, 0) is 12.3 Å². The van der Waals surface area contributed by atoms with Crippen LogP contribution in [-0.4, -0.2) is 29.4 Å². The molecule has 1 aliphatic heterocycles. The first-order valence-electron chi connectivity index (χ1n) is 4.69. The van der Waals surface area contributed by atoms with Crippen LogP contribution < -0.4 is 5.32 Å². The molecule has 0 radical (unpaired) electrons. The summed E-state index contributed by atoms with van der Waals surface area (Å²) < 4.78 is 0. The van der Waals surface area contributed by atoms with Crippen LogP contribution in [0, 0.1) is 5.92 Å². The average molecular weight is 184 g/mol. The Morgan fingerprint density at radius 2 is 2.08 bits per heavy atom. The van der Waals surface area contributed by atoms with Gasteiger partial charge < -0.3 is 5.32 Å². The van der Waals surface area contributed by atoms with Crippen molar-refractivity contribution in [2.24, 2.45) is 5.92 Å².